The van der Waals surface area contributed by atoms with E-state index >= 15 is 0 Å². The molecule has 2 heterocycles. The van der Waals surface area contributed by atoms with Crippen molar-refractivity contribution in [3.63, 3.8) is 0 Å². The van der Waals surface area contributed by atoms with Crippen LogP contribution in [0.5, 0.6) is 0 Å². The zero-order valence-electron chi connectivity index (χ0n) is 10.8. The molecular formula is C15H11N5. The normalized spacial score (nSPS) is 10.2. The Morgan fingerprint density at radius 2 is 2.05 bits per heavy atom. The molecule has 5 nitrogen and oxygen atoms in total. The van der Waals surface area contributed by atoms with Gasteiger partial charge in [-0.2, -0.15) is 5.26 Å². The summed E-state index contributed by atoms with van der Waals surface area (Å²) in [6.45, 7) is 1.83. The highest BCUT2D eigenvalue weighted by Gasteiger charge is 2.05. The lowest BCUT2D eigenvalue weighted by atomic mass is 10.2. The van der Waals surface area contributed by atoms with Crippen molar-refractivity contribution in [2.45, 2.75) is 6.92 Å². The number of nitriles is 1. The van der Waals surface area contributed by atoms with Gasteiger partial charge in [-0.15, -0.1) is 0 Å². The number of hydrogen-bond acceptors (Lipinski definition) is 5. The van der Waals surface area contributed by atoms with Crippen LogP contribution in [0.4, 0.5) is 11.6 Å². The molecule has 3 aromatic rings. The molecule has 0 aliphatic carbocycles. The molecule has 2 aromatic heterocycles. The third-order valence-corrected chi connectivity index (χ3v) is 2.86. The summed E-state index contributed by atoms with van der Waals surface area (Å²) >= 11 is 0. The van der Waals surface area contributed by atoms with Crippen LogP contribution in [0.3, 0.4) is 0 Å². The lowest BCUT2D eigenvalue weighted by Crippen LogP contribution is -2.00. The van der Waals surface area contributed by atoms with E-state index < -0.39 is 0 Å². The number of anilines is 2. The number of aromatic nitrogens is 3. The van der Waals surface area contributed by atoms with Gasteiger partial charge in [-0.1, -0.05) is 6.07 Å². The molecule has 1 N–H and O–H groups in total. The highest BCUT2D eigenvalue weighted by Crippen LogP contribution is 2.23. The van der Waals surface area contributed by atoms with E-state index in [1.54, 1.807) is 12.3 Å². The molecule has 0 aliphatic rings. The van der Waals surface area contributed by atoms with E-state index in [1.165, 1.54) is 0 Å². The summed E-state index contributed by atoms with van der Waals surface area (Å²) in [5, 5.41) is 13.1. The number of benzene rings is 1. The Morgan fingerprint density at radius 1 is 1.15 bits per heavy atom. The van der Waals surface area contributed by atoms with Crippen molar-refractivity contribution in [1.29, 1.82) is 5.26 Å². The van der Waals surface area contributed by atoms with E-state index in [0.717, 1.165) is 22.3 Å². The van der Waals surface area contributed by atoms with Crippen LogP contribution in [-0.4, -0.2) is 15.0 Å². The zero-order chi connectivity index (χ0) is 13.9. The first-order valence-electron chi connectivity index (χ1n) is 6.13. The van der Waals surface area contributed by atoms with Crippen LogP contribution < -0.4 is 5.32 Å². The topological polar surface area (TPSA) is 74.5 Å². The maximum absolute atomic E-state index is 8.95. The standard InChI is InChI=1S/C15H11N5/c1-10-8-11(9-16)19-15(18-10)20-14-6-2-5-13-12(14)4-3-7-17-13/h2-8H,1H3,(H,18,19,20). The summed E-state index contributed by atoms with van der Waals surface area (Å²) in [4.78, 5) is 12.7. The first kappa shape index (κ1) is 12.1. The summed E-state index contributed by atoms with van der Waals surface area (Å²) in [7, 11) is 0. The van der Waals surface area contributed by atoms with Crippen LogP contribution in [0.2, 0.25) is 0 Å². The van der Waals surface area contributed by atoms with Crippen LogP contribution in [0.1, 0.15) is 11.4 Å². The SMILES string of the molecule is Cc1cc(C#N)nc(Nc2cccc3ncccc23)n1. The third-order valence-electron chi connectivity index (χ3n) is 2.86. The Kier molecular flexibility index (Phi) is 2.98. The lowest BCUT2D eigenvalue weighted by Gasteiger charge is -2.08. The molecule has 0 amide bonds. The molecular weight excluding hydrogens is 250 g/mol. The van der Waals surface area contributed by atoms with Crippen LogP contribution in [-0.2, 0) is 0 Å². The number of nitrogens with zero attached hydrogens (tertiary/aromatic N) is 4. The maximum atomic E-state index is 8.95. The van der Waals surface area contributed by atoms with Crippen molar-refractivity contribution in [3.8, 4) is 6.07 Å². The van der Waals surface area contributed by atoms with Crippen molar-refractivity contribution in [2.75, 3.05) is 5.32 Å². The molecule has 0 saturated heterocycles. The molecule has 0 saturated carbocycles. The zero-order valence-corrected chi connectivity index (χ0v) is 10.8. The van der Waals surface area contributed by atoms with E-state index in [2.05, 4.69) is 20.3 Å². The summed E-state index contributed by atoms with van der Waals surface area (Å²) in [6.07, 6.45) is 1.75. The van der Waals surface area contributed by atoms with E-state index in [0.29, 0.717) is 11.6 Å². The lowest BCUT2D eigenvalue weighted by molar-refractivity contribution is 1.09. The molecule has 20 heavy (non-hydrogen) atoms. The van der Waals surface area contributed by atoms with Gasteiger partial charge >= 0.3 is 0 Å². The fourth-order valence-corrected chi connectivity index (χ4v) is 2.01. The largest absolute Gasteiger partial charge is 0.323 e. The van der Waals surface area contributed by atoms with Crippen LogP contribution in [0, 0.1) is 18.3 Å². The van der Waals surface area contributed by atoms with Gasteiger partial charge in [0.1, 0.15) is 11.8 Å². The molecule has 0 spiro atoms. The van der Waals surface area contributed by atoms with E-state index in [4.69, 9.17) is 5.26 Å². The van der Waals surface area contributed by atoms with Gasteiger partial charge in [0, 0.05) is 17.3 Å². The van der Waals surface area contributed by atoms with Crippen LogP contribution in [0.25, 0.3) is 10.9 Å². The Balaban J connectivity index is 2.06. The minimum atomic E-state index is 0.346. The van der Waals surface area contributed by atoms with Crippen molar-refractivity contribution >= 4 is 22.5 Å². The molecule has 5 heteroatoms. The molecule has 1 aromatic carbocycles. The second-order valence-electron chi connectivity index (χ2n) is 4.33. The number of fused-ring (bicyclic) bond motifs is 1. The van der Waals surface area contributed by atoms with Crippen LogP contribution in [0.15, 0.2) is 42.6 Å². The van der Waals surface area contributed by atoms with Gasteiger partial charge in [0.2, 0.25) is 5.95 Å². The Hall–Kier alpha value is -3.00. The highest BCUT2D eigenvalue weighted by molar-refractivity contribution is 5.92. The molecule has 0 unspecified atom stereocenters. The van der Waals surface area contributed by atoms with Crippen molar-refractivity contribution in [3.05, 3.63) is 54.0 Å². The summed E-state index contributed by atoms with van der Waals surface area (Å²) in [6, 6.07) is 13.3. The average Bonchev–Trinajstić information content (AvgIpc) is 2.47. The molecule has 0 bridgehead atoms. The number of pyridine rings is 1. The molecule has 0 aliphatic heterocycles. The average molecular weight is 261 g/mol. The Bertz CT molecular complexity index is 815. The maximum Gasteiger partial charge on any atom is 0.228 e. The van der Waals surface area contributed by atoms with E-state index in [1.807, 2.05) is 43.3 Å². The fourth-order valence-electron chi connectivity index (χ4n) is 2.01. The van der Waals surface area contributed by atoms with Gasteiger partial charge in [-0.3, -0.25) is 4.98 Å². The fraction of sp³-hybridized carbons (Fsp3) is 0.0667. The highest BCUT2D eigenvalue weighted by atomic mass is 15.1. The third kappa shape index (κ3) is 2.27. The molecule has 0 radical (unpaired) electrons. The van der Waals surface area contributed by atoms with Gasteiger partial charge in [0.15, 0.2) is 0 Å². The summed E-state index contributed by atoms with van der Waals surface area (Å²) in [5.74, 6) is 0.415. The number of rotatable bonds is 2. The molecule has 0 fully saturated rings. The first-order chi connectivity index (χ1) is 9.76. The Labute approximate surface area is 116 Å². The van der Waals surface area contributed by atoms with E-state index in [9.17, 15) is 0 Å². The second kappa shape index (κ2) is 4.94. The molecule has 96 valence electrons. The molecule has 0 atom stereocenters. The monoisotopic (exact) mass is 261 g/mol. The number of nitrogens with one attached hydrogen (secondary N) is 1. The molecule has 3 rings (SSSR count). The first-order valence-corrected chi connectivity index (χ1v) is 6.13. The van der Waals surface area contributed by atoms with Crippen molar-refractivity contribution in [1.82, 2.24) is 15.0 Å². The van der Waals surface area contributed by atoms with Gasteiger partial charge in [-0.05, 0) is 37.3 Å². The predicted octanol–water partition coefficient (Wildman–Crippen LogP) is 2.95. The number of aryl methyl sites for hydroxylation is 1. The minimum absolute atomic E-state index is 0.346. The van der Waals surface area contributed by atoms with Gasteiger partial charge in [0.25, 0.3) is 0 Å². The van der Waals surface area contributed by atoms with E-state index in [-0.39, 0.29) is 0 Å². The summed E-state index contributed by atoms with van der Waals surface area (Å²) < 4.78 is 0. The predicted molar refractivity (Wildman–Crippen MR) is 76.5 cm³/mol. The minimum Gasteiger partial charge on any atom is -0.323 e. The van der Waals surface area contributed by atoms with Crippen LogP contribution >= 0.6 is 0 Å². The quantitative estimate of drug-likeness (QED) is 0.767. The summed E-state index contributed by atoms with van der Waals surface area (Å²) in [5.41, 5.74) is 2.85. The smallest absolute Gasteiger partial charge is 0.228 e. The van der Waals surface area contributed by atoms with Gasteiger partial charge in [-0.25, -0.2) is 9.97 Å². The van der Waals surface area contributed by atoms with Crippen molar-refractivity contribution in [2.24, 2.45) is 0 Å². The Morgan fingerprint density at radius 3 is 2.90 bits per heavy atom. The second-order valence-corrected chi connectivity index (χ2v) is 4.33. The van der Waals surface area contributed by atoms with Crippen molar-refractivity contribution < 1.29 is 0 Å². The van der Waals surface area contributed by atoms with Gasteiger partial charge in [0.05, 0.1) is 11.2 Å². The number of hydrogen-bond donors (Lipinski definition) is 1. The van der Waals surface area contributed by atoms with Gasteiger partial charge < -0.3 is 5.32 Å².